The van der Waals surface area contributed by atoms with E-state index < -0.39 is 0 Å². The SMILES string of the molecule is COCCOCc1cccc(NCc2cccnc2)c1. The van der Waals surface area contributed by atoms with E-state index in [9.17, 15) is 0 Å². The van der Waals surface area contributed by atoms with Crippen LogP contribution in [0, 0.1) is 0 Å². The number of benzene rings is 1. The van der Waals surface area contributed by atoms with E-state index in [4.69, 9.17) is 9.47 Å². The molecule has 0 atom stereocenters. The molecule has 4 nitrogen and oxygen atoms in total. The number of methoxy groups -OCH3 is 1. The van der Waals surface area contributed by atoms with Crippen molar-refractivity contribution in [3.63, 3.8) is 0 Å². The minimum absolute atomic E-state index is 0.603. The normalized spacial score (nSPS) is 10.4. The first kappa shape index (κ1) is 14.5. The number of nitrogens with one attached hydrogen (secondary N) is 1. The second-order valence-corrected chi connectivity index (χ2v) is 4.46. The molecule has 2 rings (SSSR count). The number of nitrogens with zero attached hydrogens (tertiary/aromatic N) is 1. The molecule has 4 heteroatoms. The van der Waals surface area contributed by atoms with Crippen LogP contribution in [-0.2, 0) is 22.6 Å². The summed E-state index contributed by atoms with van der Waals surface area (Å²) in [6.07, 6.45) is 3.65. The third-order valence-corrected chi connectivity index (χ3v) is 2.85. The molecule has 20 heavy (non-hydrogen) atoms. The van der Waals surface area contributed by atoms with Crippen LogP contribution in [-0.4, -0.2) is 25.3 Å². The van der Waals surface area contributed by atoms with E-state index in [1.807, 2.05) is 18.3 Å². The lowest BCUT2D eigenvalue weighted by molar-refractivity contribution is 0.0617. The maximum absolute atomic E-state index is 5.52. The van der Waals surface area contributed by atoms with Gasteiger partial charge in [-0.15, -0.1) is 0 Å². The summed E-state index contributed by atoms with van der Waals surface area (Å²) in [6, 6.07) is 12.2. The van der Waals surface area contributed by atoms with Crippen LogP contribution in [0.1, 0.15) is 11.1 Å². The van der Waals surface area contributed by atoms with Crippen LogP contribution >= 0.6 is 0 Å². The van der Waals surface area contributed by atoms with Crippen LogP contribution in [0.2, 0.25) is 0 Å². The van der Waals surface area contributed by atoms with Gasteiger partial charge >= 0.3 is 0 Å². The Bertz CT molecular complexity index is 503. The van der Waals surface area contributed by atoms with Crippen LogP contribution in [0.15, 0.2) is 48.8 Å². The molecular formula is C16H20N2O2. The van der Waals surface area contributed by atoms with Gasteiger partial charge in [0.15, 0.2) is 0 Å². The van der Waals surface area contributed by atoms with Gasteiger partial charge < -0.3 is 14.8 Å². The Labute approximate surface area is 119 Å². The summed E-state index contributed by atoms with van der Waals surface area (Å²) >= 11 is 0. The van der Waals surface area contributed by atoms with Crippen molar-refractivity contribution in [3.05, 3.63) is 59.9 Å². The maximum Gasteiger partial charge on any atom is 0.0718 e. The maximum atomic E-state index is 5.52. The van der Waals surface area contributed by atoms with E-state index in [0.29, 0.717) is 19.8 Å². The highest BCUT2D eigenvalue weighted by molar-refractivity contribution is 5.46. The number of aromatic nitrogens is 1. The van der Waals surface area contributed by atoms with E-state index in [-0.39, 0.29) is 0 Å². The fourth-order valence-electron chi connectivity index (χ4n) is 1.81. The number of ether oxygens (including phenoxy) is 2. The topological polar surface area (TPSA) is 43.4 Å². The highest BCUT2D eigenvalue weighted by Gasteiger charge is 1.97. The first-order chi connectivity index (χ1) is 9.88. The van der Waals surface area contributed by atoms with Crippen molar-refractivity contribution in [2.75, 3.05) is 25.6 Å². The Kier molecular flexibility index (Phi) is 6.02. The number of hydrogen-bond acceptors (Lipinski definition) is 4. The summed E-state index contributed by atoms with van der Waals surface area (Å²) in [5, 5.41) is 3.38. The largest absolute Gasteiger partial charge is 0.382 e. The summed E-state index contributed by atoms with van der Waals surface area (Å²) < 4.78 is 10.5. The number of rotatable bonds is 8. The predicted molar refractivity (Wildman–Crippen MR) is 79.5 cm³/mol. The Morgan fingerprint density at radius 1 is 1.10 bits per heavy atom. The van der Waals surface area contributed by atoms with Crippen LogP contribution in [0.4, 0.5) is 5.69 Å². The molecule has 0 fully saturated rings. The average molecular weight is 272 g/mol. The van der Waals surface area contributed by atoms with Crippen molar-refractivity contribution in [1.82, 2.24) is 4.98 Å². The van der Waals surface area contributed by atoms with Crippen molar-refractivity contribution in [2.45, 2.75) is 13.2 Å². The van der Waals surface area contributed by atoms with Crippen molar-refractivity contribution >= 4 is 5.69 Å². The molecule has 1 aromatic heterocycles. The molecule has 0 amide bonds. The minimum Gasteiger partial charge on any atom is -0.382 e. The van der Waals surface area contributed by atoms with Gasteiger partial charge in [0.05, 0.1) is 19.8 Å². The van der Waals surface area contributed by atoms with Crippen LogP contribution in [0.5, 0.6) is 0 Å². The average Bonchev–Trinajstić information content (AvgIpc) is 2.51. The van der Waals surface area contributed by atoms with Gasteiger partial charge in [-0.1, -0.05) is 18.2 Å². The predicted octanol–water partition coefficient (Wildman–Crippen LogP) is 2.86. The molecular weight excluding hydrogens is 252 g/mol. The third-order valence-electron chi connectivity index (χ3n) is 2.85. The number of pyridine rings is 1. The molecule has 0 saturated heterocycles. The van der Waals surface area contributed by atoms with Gasteiger partial charge in [0.2, 0.25) is 0 Å². The molecule has 0 bridgehead atoms. The first-order valence-electron chi connectivity index (χ1n) is 6.67. The van der Waals surface area contributed by atoms with Gasteiger partial charge in [0, 0.05) is 31.7 Å². The standard InChI is InChI=1S/C16H20N2O2/c1-19-8-9-20-13-14-4-2-6-16(10-14)18-12-15-5-3-7-17-11-15/h2-7,10-11,18H,8-9,12-13H2,1H3. The summed E-state index contributed by atoms with van der Waals surface area (Å²) in [7, 11) is 1.67. The van der Waals surface area contributed by atoms with Crippen molar-refractivity contribution < 1.29 is 9.47 Å². The quantitative estimate of drug-likeness (QED) is 0.750. The number of anilines is 1. The third kappa shape index (κ3) is 4.99. The molecule has 0 aliphatic carbocycles. The van der Waals surface area contributed by atoms with Crippen molar-refractivity contribution in [3.8, 4) is 0 Å². The van der Waals surface area contributed by atoms with Gasteiger partial charge in [0.1, 0.15) is 0 Å². The van der Waals surface area contributed by atoms with Crippen LogP contribution in [0.3, 0.4) is 0 Å². The summed E-state index contributed by atoms with van der Waals surface area (Å²) in [5.74, 6) is 0. The summed E-state index contributed by atoms with van der Waals surface area (Å²) in [6.45, 7) is 2.61. The van der Waals surface area contributed by atoms with Crippen molar-refractivity contribution in [2.24, 2.45) is 0 Å². The Hall–Kier alpha value is -1.91. The van der Waals surface area contributed by atoms with E-state index in [0.717, 1.165) is 23.4 Å². The lowest BCUT2D eigenvalue weighted by Gasteiger charge is -2.09. The Morgan fingerprint density at radius 3 is 2.80 bits per heavy atom. The number of hydrogen-bond donors (Lipinski definition) is 1. The smallest absolute Gasteiger partial charge is 0.0718 e. The molecule has 1 aromatic carbocycles. The first-order valence-corrected chi connectivity index (χ1v) is 6.67. The van der Waals surface area contributed by atoms with E-state index in [1.54, 1.807) is 13.3 Å². The van der Waals surface area contributed by atoms with E-state index in [1.165, 1.54) is 0 Å². The second-order valence-electron chi connectivity index (χ2n) is 4.46. The van der Waals surface area contributed by atoms with Gasteiger partial charge in [-0.2, -0.15) is 0 Å². The molecule has 1 N–H and O–H groups in total. The monoisotopic (exact) mass is 272 g/mol. The molecule has 106 valence electrons. The minimum atomic E-state index is 0.603. The van der Waals surface area contributed by atoms with Gasteiger partial charge in [0.25, 0.3) is 0 Å². The Balaban J connectivity index is 1.83. The van der Waals surface area contributed by atoms with Crippen molar-refractivity contribution in [1.29, 1.82) is 0 Å². The zero-order valence-corrected chi connectivity index (χ0v) is 11.7. The second kappa shape index (κ2) is 8.30. The van der Waals surface area contributed by atoms with Crippen LogP contribution < -0.4 is 5.32 Å². The zero-order valence-electron chi connectivity index (χ0n) is 11.7. The van der Waals surface area contributed by atoms with Gasteiger partial charge in [-0.05, 0) is 29.3 Å². The lowest BCUT2D eigenvalue weighted by atomic mass is 10.2. The molecule has 2 aromatic rings. The molecule has 0 saturated carbocycles. The summed E-state index contributed by atoms with van der Waals surface area (Å²) in [4.78, 5) is 4.10. The molecule has 0 aliphatic heterocycles. The molecule has 0 radical (unpaired) electrons. The molecule has 0 unspecified atom stereocenters. The van der Waals surface area contributed by atoms with Crippen LogP contribution in [0.25, 0.3) is 0 Å². The fourth-order valence-corrected chi connectivity index (χ4v) is 1.81. The highest BCUT2D eigenvalue weighted by atomic mass is 16.5. The molecule has 0 aliphatic rings. The highest BCUT2D eigenvalue weighted by Crippen LogP contribution is 2.12. The zero-order chi connectivity index (χ0) is 14.0. The van der Waals surface area contributed by atoms with Gasteiger partial charge in [-0.3, -0.25) is 4.98 Å². The molecule has 1 heterocycles. The lowest BCUT2D eigenvalue weighted by Crippen LogP contribution is -2.03. The van der Waals surface area contributed by atoms with Gasteiger partial charge in [-0.25, -0.2) is 0 Å². The molecule has 0 spiro atoms. The Morgan fingerprint density at radius 2 is 2.00 bits per heavy atom. The summed E-state index contributed by atoms with van der Waals surface area (Å²) in [5.41, 5.74) is 3.40. The fraction of sp³-hybridized carbons (Fsp3) is 0.312. The van der Waals surface area contributed by atoms with E-state index in [2.05, 4.69) is 34.6 Å². The van der Waals surface area contributed by atoms with E-state index >= 15 is 0 Å².